The predicted molar refractivity (Wildman–Crippen MR) is 97.8 cm³/mol. The second kappa shape index (κ2) is 8.04. The maximum atomic E-state index is 12.7. The number of nitrogens with zero attached hydrogens (tertiary/aromatic N) is 1. The molecule has 25 heavy (non-hydrogen) atoms. The molecule has 1 saturated carbocycles. The molecule has 1 aromatic rings. The van der Waals surface area contributed by atoms with Gasteiger partial charge in [-0.3, -0.25) is 4.79 Å². The Labute approximate surface area is 154 Å². The number of aliphatic hydroxyl groups is 2. The second-order valence-electron chi connectivity index (χ2n) is 7.36. The number of hydrogen-bond acceptors (Lipinski definition) is 4. The minimum Gasteiger partial charge on any atom is -0.390 e. The van der Waals surface area contributed by atoms with Gasteiger partial charge in [-0.05, 0) is 43.5 Å². The van der Waals surface area contributed by atoms with Crippen LogP contribution < -0.4 is 5.32 Å². The van der Waals surface area contributed by atoms with Crippen LogP contribution >= 0.6 is 11.6 Å². The topological polar surface area (TPSA) is 72.8 Å². The molecule has 0 radical (unpaired) electrons. The van der Waals surface area contributed by atoms with Crippen molar-refractivity contribution in [3.63, 3.8) is 0 Å². The molecule has 6 heteroatoms. The molecule has 2 fully saturated rings. The van der Waals surface area contributed by atoms with Gasteiger partial charge in [-0.15, -0.1) is 0 Å². The summed E-state index contributed by atoms with van der Waals surface area (Å²) in [5.41, 5.74) is -0.763. The van der Waals surface area contributed by atoms with E-state index in [1.54, 1.807) is 29.2 Å². The van der Waals surface area contributed by atoms with Gasteiger partial charge in [0.1, 0.15) is 5.60 Å². The lowest BCUT2D eigenvalue weighted by molar-refractivity contribution is -0.112. The van der Waals surface area contributed by atoms with E-state index in [1.807, 2.05) is 0 Å². The van der Waals surface area contributed by atoms with E-state index in [4.69, 9.17) is 11.6 Å². The molecule has 0 unspecified atom stereocenters. The fourth-order valence-corrected chi connectivity index (χ4v) is 3.94. The number of hydrogen-bond donors (Lipinski definition) is 3. The van der Waals surface area contributed by atoms with E-state index >= 15 is 0 Å². The molecule has 1 aromatic carbocycles. The van der Waals surface area contributed by atoms with E-state index in [1.165, 1.54) is 19.3 Å². The SMILES string of the molecule is O=C(c1ccc(Cl)cc1)N1CC[C@H](O)[C@@](O)(CNC2CCCCC2)C1. The number of likely N-dealkylation sites (tertiary alicyclic amines) is 1. The summed E-state index contributed by atoms with van der Waals surface area (Å²) in [4.78, 5) is 14.3. The number of amides is 1. The van der Waals surface area contributed by atoms with Crippen LogP contribution in [0.3, 0.4) is 0 Å². The highest BCUT2D eigenvalue weighted by molar-refractivity contribution is 6.30. The quantitative estimate of drug-likeness (QED) is 0.763. The summed E-state index contributed by atoms with van der Waals surface area (Å²) in [6.45, 7) is 0.882. The molecule has 1 amide bonds. The summed E-state index contributed by atoms with van der Waals surface area (Å²) in [6.07, 6.45) is 5.47. The van der Waals surface area contributed by atoms with Crippen molar-refractivity contribution in [3.8, 4) is 0 Å². The largest absolute Gasteiger partial charge is 0.390 e. The normalized spacial score (nSPS) is 28.1. The highest BCUT2D eigenvalue weighted by Crippen LogP contribution is 2.25. The summed E-state index contributed by atoms with van der Waals surface area (Å²) in [7, 11) is 0. The van der Waals surface area contributed by atoms with Crippen LogP contribution in [0.2, 0.25) is 5.02 Å². The summed E-state index contributed by atoms with van der Waals surface area (Å²) in [5, 5.41) is 25.3. The molecule has 2 aliphatic rings. The molecule has 1 heterocycles. The van der Waals surface area contributed by atoms with Crippen molar-refractivity contribution >= 4 is 17.5 Å². The van der Waals surface area contributed by atoms with Gasteiger partial charge < -0.3 is 20.4 Å². The molecular formula is C19H27ClN2O3. The number of aliphatic hydroxyl groups excluding tert-OH is 1. The van der Waals surface area contributed by atoms with E-state index in [0.717, 1.165) is 12.8 Å². The number of carbonyl (C=O) groups is 1. The van der Waals surface area contributed by atoms with E-state index < -0.39 is 11.7 Å². The van der Waals surface area contributed by atoms with Crippen LogP contribution in [-0.4, -0.2) is 58.4 Å². The van der Waals surface area contributed by atoms with Crippen LogP contribution in [0, 0.1) is 0 Å². The van der Waals surface area contributed by atoms with Gasteiger partial charge in [-0.1, -0.05) is 30.9 Å². The first-order valence-electron chi connectivity index (χ1n) is 9.17. The molecule has 0 bridgehead atoms. The van der Waals surface area contributed by atoms with Crippen molar-refractivity contribution in [2.75, 3.05) is 19.6 Å². The van der Waals surface area contributed by atoms with Crippen molar-refractivity contribution in [2.45, 2.75) is 56.3 Å². The molecule has 5 nitrogen and oxygen atoms in total. The Morgan fingerprint density at radius 1 is 1.20 bits per heavy atom. The van der Waals surface area contributed by atoms with E-state index in [9.17, 15) is 15.0 Å². The van der Waals surface area contributed by atoms with Crippen LogP contribution in [0.5, 0.6) is 0 Å². The Hall–Kier alpha value is -1.14. The van der Waals surface area contributed by atoms with Crippen molar-refractivity contribution in [2.24, 2.45) is 0 Å². The van der Waals surface area contributed by atoms with Crippen LogP contribution in [0.25, 0.3) is 0 Å². The molecule has 138 valence electrons. The minimum absolute atomic E-state index is 0.134. The molecule has 2 atom stereocenters. The number of piperidine rings is 1. The van der Waals surface area contributed by atoms with Crippen molar-refractivity contribution in [1.29, 1.82) is 0 Å². The summed E-state index contributed by atoms with van der Waals surface area (Å²) < 4.78 is 0. The Kier molecular flexibility index (Phi) is 6.00. The third-order valence-electron chi connectivity index (χ3n) is 5.44. The van der Waals surface area contributed by atoms with Crippen molar-refractivity contribution < 1.29 is 15.0 Å². The standard InChI is InChI=1S/C19H27ClN2O3/c20-15-8-6-14(7-9-15)18(24)22-11-10-17(23)19(25,13-22)12-21-16-4-2-1-3-5-16/h6-9,16-17,21,23,25H,1-5,10-13H2/t17-,19+/m0/s1. The minimum atomic E-state index is -1.31. The van der Waals surface area contributed by atoms with Crippen LogP contribution in [0.4, 0.5) is 0 Å². The van der Waals surface area contributed by atoms with Gasteiger partial charge in [0, 0.05) is 29.7 Å². The first-order valence-corrected chi connectivity index (χ1v) is 9.54. The molecule has 1 aliphatic heterocycles. The third kappa shape index (κ3) is 4.53. The molecule has 3 rings (SSSR count). The number of halogens is 1. The number of rotatable bonds is 4. The second-order valence-corrected chi connectivity index (χ2v) is 7.79. The van der Waals surface area contributed by atoms with Gasteiger partial charge in [0.05, 0.1) is 12.6 Å². The number of β-amino-alcohol motifs (C(OH)–C–C–N with tert-alkyl or cyclic N) is 1. The maximum absolute atomic E-state index is 12.7. The smallest absolute Gasteiger partial charge is 0.253 e. The van der Waals surface area contributed by atoms with Crippen LogP contribution in [0.15, 0.2) is 24.3 Å². The van der Waals surface area contributed by atoms with Crippen LogP contribution in [-0.2, 0) is 0 Å². The average Bonchev–Trinajstić information content (AvgIpc) is 2.63. The van der Waals surface area contributed by atoms with Crippen LogP contribution in [0.1, 0.15) is 48.9 Å². The van der Waals surface area contributed by atoms with E-state index in [0.29, 0.717) is 36.1 Å². The zero-order valence-corrected chi connectivity index (χ0v) is 15.2. The zero-order chi connectivity index (χ0) is 17.9. The lowest BCUT2D eigenvalue weighted by Crippen LogP contribution is -2.63. The Balaban J connectivity index is 1.63. The van der Waals surface area contributed by atoms with Crippen molar-refractivity contribution in [3.05, 3.63) is 34.9 Å². The summed E-state index contributed by atoms with van der Waals surface area (Å²) >= 11 is 5.88. The molecule has 0 spiro atoms. The third-order valence-corrected chi connectivity index (χ3v) is 5.69. The molecule has 3 N–H and O–H groups in total. The molecular weight excluding hydrogens is 340 g/mol. The number of nitrogens with one attached hydrogen (secondary N) is 1. The molecule has 1 aliphatic carbocycles. The lowest BCUT2D eigenvalue weighted by Gasteiger charge is -2.43. The van der Waals surface area contributed by atoms with Gasteiger partial charge in [-0.2, -0.15) is 0 Å². The Morgan fingerprint density at radius 2 is 1.88 bits per heavy atom. The highest BCUT2D eigenvalue weighted by Gasteiger charge is 2.42. The van der Waals surface area contributed by atoms with Gasteiger partial charge in [0.2, 0.25) is 0 Å². The van der Waals surface area contributed by atoms with E-state index in [2.05, 4.69) is 5.32 Å². The van der Waals surface area contributed by atoms with Gasteiger partial charge in [0.15, 0.2) is 0 Å². The number of benzene rings is 1. The van der Waals surface area contributed by atoms with Gasteiger partial charge in [0.25, 0.3) is 5.91 Å². The van der Waals surface area contributed by atoms with Gasteiger partial charge in [-0.25, -0.2) is 0 Å². The summed E-state index contributed by atoms with van der Waals surface area (Å²) in [6, 6.07) is 7.14. The average molecular weight is 367 g/mol. The fraction of sp³-hybridized carbons (Fsp3) is 0.632. The predicted octanol–water partition coefficient (Wildman–Crippen LogP) is 2.20. The highest BCUT2D eigenvalue weighted by atomic mass is 35.5. The van der Waals surface area contributed by atoms with Gasteiger partial charge >= 0.3 is 0 Å². The maximum Gasteiger partial charge on any atom is 0.253 e. The first-order chi connectivity index (χ1) is 12.0. The Morgan fingerprint density at radius 3 is 2.56 bits per heavy atom. The zero-order valence-electron chi connectivity index (χ0n) is 14.5. The van der Waals surface area contributed by atoms with E-state index in [-0.39, 0.29) is 12.5 Å². The monoisotopic (exact) mass is 366 g/mol. The molecule has 1 saturated heterocycles. The lowest BCUT2D eigenvalue weighted by atomic mass is 9.88. The fourth-order valence-electron chi connectivity index (χ4n) is 3.81. The Bertz CT molecular complexity index is 589. The molecule has 0 aromatic heterocycles. The first kappa shape index (κ1) is 18.6. The summed E-state index contributed by atoms with van der Waals surface area (Å²) in [5.74, 6) is -0.139. The van der Waals surface area contributed by atoms with Crippen molar-refractivity contribution in [1.82, 2.24) is 10.2 Å². The number of carbonyl (C=O) groups excluding carboxylic acids is 1.